The Labute approximate surface area is 64.4 Å². The van der Waals surface area contributed by atoms with Crippen LogP contribution in [0.15, 0.2) is 18.0 Å². The molecule has 2 nitrogen and oxygen atoms in total. The van der Waals surface area contributed by atoms with E-state index in [2.05, 4.69) is 11.6 Å². The second-order valence-corrected chi connectivity index (χ2v) is 3.12. The van der Waals surface area contributed by atoms with Gasteiger partial charge in [0.15, 0.2) is 0 Å². The number of thiazole rings is 1. The molecular weight excluding hydrogens is 144 g/mol. The second-order valence-electron chi connectivity index (χ2n) is 2.05. The van der Waals surface area contributed by atoms with Gasteiger partial charge in [0.25, 0.3) is 0 Å². The lowest BCUT2D eigenvalue weighted by atomic mass is 10.2. The van der Waals surface area contributed by atoms with Crippen LogP contribution in [0.25, 0.3) is 0 Å². The van der Waals surface area contributed by atoms with Crippen molar-refractivity contribution >= 4 is 11.3 Å². The fraction of sp³-hybridized carbons (Fsp3) is 0.286. The summed E-state index contributed by atoms with van der Waals surface area (Å²) in [6.45, 7) is 5.55. The van der Waals surface area contributed by atoms with Gasteiger partial charge in [0, 0.05) is 5.38 Å². The number of rotatable bonds is 2. The van der Waals surface area contributed by atoms with Crippen molar-refractivity contribution in [2.75, 3.05) is 0 Å². The van der Waals surface area contributed by atoms with Gasteiger partial charge in [-0.25, -0.2) is 4.98 Å². The Morgan fingerprint density at radius 3 is 3.00 bits per heavy atom. The smallest absolute Gasteiger partial charge is 0.0898 e. The van der Waals surface area contributed by atoms with Crippen molar-refractivity contribution in [1.82, 2.24) is 4.98 Å². The largest absolute Gasteiger partial charge is 0.319 e. The molecule has 0 bridgehead atoms. The van der Waals surface area contributed by atoms with E-state index in [0.29, 0.717) is 0 Å². The standard InChI is InChI=1S/C7H10N2S/c1-3-6(8)7-4-10-5(2)9-7/h3-4,6H,1,8H2,2H3/t6-/m0/s1. The fourth-order valence-electron chi connectivity index (χ4n) is 0.654. The van der Waals surface area contributed by atoms with Crippen molar-refractivity contribution in [3.8, 4) is 0 Å². The summed E-state index contributed by atoms with van der Waals surface area (Å²) in [4.78, 5) is 4.20. The summed E-state index contributed by atoms with van der Waals surface area (Å²) in [5, 5.41) is 3.01. The van der Waals surface area contributed by atoms with Gasteiger partial charge in [-0.1, -0.05) is 6.08 Å². The highest BCUT2D eigenvalue weighted by Crippen LogP contribution is 2.14. The molecule has 1 heterocycles. The van der Waals surface area contributed by atoms with E-state index in [1.165, 1.54) is 0 Å². The van der Waals surface area contributed by atoms with E-state index in [-0.39, 0.29) is 6.04 Å². The van der Waals surface area contributed by atoms with E-state index in [9.17, 15) is 0 Å². The van der Waals surface area contributed by atoms with Gasteiger partial charge in [-0.3, -0.25) is 0 Å². The molecule has 0 aliphatic heterocycles. The van der Waals surface area contributed by atoms with E-state index in [0.717, 1.165) is 10.7 Å². The van der Waals surface area contributed by atoms with E-state index >= 15 is 0 Å². The molecule has 0 saturated heterocycles. The third-order valence-corrected chi connectivity index (χ3v) is 2.02. The van der Waals surface area contributed by atoms with Gasteiger partial charge < -0.3 is 5.73 Å². The zero-order valence-corrected chi connectivity index (χ0v) is 6.69. The number of nitrogens with two attached hydrogens (primary N) is 1. The van der Waals surface area contributed by atoms with E-state index in [1.54, 1.807) is 17.4 Å². The average Bonchev–Trinajstić information content (AvgIpc) is 2.34. The van der Waals surface area contributed by atoms with Crippen molar-refractivity contribution in [3.05, 3.63) is 28.7 Å². The SMILES string of the molecule is C=C[C@H](N)c1csc(C)n1. The lowest BCUT2D eigenvalue weighted by Crippen LogP contribution is -2.06. The first-order valence-electron chi connectivity index (χ1n) is 3.04. The van der Waals surface area contributed by atoms with Gasteiger partial charge in [-0.2, -0.15) is 0 Å². The summed E-state index contributed by atoms with van der Waals surface area (Å²) < 4.78 is 0. The predicted molar refractivity (Wildman–Crippen MR) is 44.0 cm³/mol. The minimum atomic E-state index is -0.107. The number of aryl methyl sites for hydroxylation is 1. The van der Waals surface area contributed by atoms with Crippen LogP contribution in [0.2, 0.25) is 0 Å². The Balaban J connectivity index is 2.84. The maximum Gasteiger partial charge on any atom is 0.0898 e. The quantitative estimate of drug-likeness (QED) is 0.658. The fourth-order valence-corrected chi connectivity index (χ4v) is 1.31. The Morgan fingerprint density at radius 1 is 1.90 bits per heavy atom. The van der Waals surface area contributed by atoms with Crippen LogP contribution in [-0.2, 0) is 0 Å². The van der Waals surface area contributed by atoms with Crippen molar-refractivity contribution in [3.63, 3.8) is 0 Å². The number of nitrogens with zero attached hydrogens (tertiary/aromatic N) is 1. The lowest BCUT2D eigenvalue weighted by molar-refractivity contribution is 0.871. The minimum Gasteiger partial charge on any atom is -0.319 e. The Bertz CT molecular complexity index is 229. The molecule has 2 N–H and O–H groups in total. The van der Waals surface area contributed by atoms with E-state index in [4.69, 9.17) is 5.73 Å². The highest BCUT2D eigenvalue weighted by atomic mass is 32.1. The number of aromatic nitrogens is 1. The molecule has 1 atom stereocenters. The third-order valence-electron chi connectivity index (χ3n) is 1.23. The van der Waals surface area contributed by atoms with Crippen LogP contribution in [0.1, 0.15) is 16.7 Å². The third kappa shape index (κ3) is 1.43. The summed E-state index contributed by atoms with van der Waals surface area (Å²) in [6.07, 6.45) is 1.69. The van der Waals surface area contributed by atoms with Gasteiger partial charge in [-0.05, 0) is 6.92 Å². The molecule has 10 heavy (non-hydrogen) atoms. The topological polar surface area (TPSA) is 38.9 Å². The molecule has 0 aliphatic rings. The van der Waals surface area contributed by atoms with Crippen LogP contribution in [0.3, 0.4) is 0 Å². The van der Waals surface area contributed by atoms with Crippen molar-refractivity contribution in [2.24, 2.45) is 5.73 Å². The van der Waals surface area contributed by atoms with Gasteiger partial charge in [-0.15, -0.1) is 17.9 Å². The minimum absolute atomic E-state index is 0.107. The zero-order chi connectivity index (χ0) is 7.56. The molecule has 0 amide bonds. The molecule has 1 aromatic rings. The Hall–Kier alpha value is -0.670. The first-order chi connectivity index (χ1) is 4.74. The van der Waals surface area contributed by atoms with Crippen molar-refractivity contribution in [1.29, 1.82) is 0 Å². The molecule has 0 aromatic carbocycles. The number of hydrogen-bond donors (Lipinski definition) is 1. The molecule has 0 radical (unpaired) electrons. The van der Waals surface area contributed by atoms with Crippen molar-refractivity contribution < 1.29 is 0 Å². The Morgan fingerprint density at radius 2 is 2.60 bits per heavy atom. The molecule has 0 aliphatic carbocycles. The first kappa shape index (κ1) is 7.44. The summed E-state index contributed by atoms with van der Waals surface area (Å²) in [7, 11) is 0. The second kappa shape index (κ2) is 2.94. The summed E-state index contributed by atoms with van der Waals surface area (Å²) in [5.74, 6) is 0. The molecule has 0 fully saturated rings. The van der Waals surface area contributed by atoms with E-state index < -0.39 is 0 Å². The molecular formula is C7H10N2S. The summed E-state index contributed by atoms with van der Waals surface area (Å²) in [5.41, 5.74) is 6.55. The predicted octanol–water partition coefficient (Wildman–Crippen LogP) is 1.64. The van der Waals surface area contributed by atoms with Crippen LogP contribution < -0.4 is 5.73 Å². The van der Waals surface area contributed by atoms with Crippen LogP contribution in [0, 0.1) is 6.92 Å². The van der Waals surface area contributed by atoms with Gasteiger partial charge in [0.05, 0.1) is 16.7 Å². The zero-order valence-electron chi connectivity index (χ0n) is 5.87. The maximum absolute atomic E-state index is 5.63. The first-order valence-corrected chi connectivity index (χ1v) is 3.92. The highest BCUT2D eigenvalue weighted by Gasteiger charge is 2.03. The molecule has 0 unspecified atom stereocenters. The van der Waals surface area contributed by atoms with Crippen LogP contribution in [0.5, 0.6) is 0 Å². The maximum atomic E-state index is 5.63. The van der Waals surface area contributed by atoms with Gasteiger partial charge in [0.2, 0.25) is 0 Å². The monoisotopic (exact) mass is 154 g/mol. The molecule has 0 spiro atoms. The van der Waals surface area contributed by atoms with Crippen LogP contribution in [-0.4, -0.2) is 4.98 Å². The average molecular weight is 154 g/mol. The summed E-state index contributed by atoms with van der Waals surface area (Å²) >= 11 is 1.61. The van der Waals surface area contributed by atoms with Gasteiger partial charge >= 0.3 is 0 Å². The van der Waals surface area contributed by atoms with Crippen molar-refractivity contribution in [2.45, 2.75) is 13.0 Å². The molecule has 3 heteroatoms. The normalized spacial score (nSPS) is 13.0. The van der Waals surface area contributed by atoms with Crippen LogP contribution in [0.4, 0.5) is 0 Å². The highest BCUT2D eigenvalue weighted by molar-refractivity contribution is 7.09. The van der Waals surface area contributed by atoms with E-state index in [1.807, 2.05) is 12.3 Å². The lowest BCUT2D eigenvalue weighted by Gasteiger charge is -1.98. The number of hydrogen-bond acceptors (Lipinski definition) is 3. The Kier molecular flexibility index (Phi) is 2.19. The molecule has 0 saturated carbocycles. The van der Waals surface area contributed by atoms with Gasteiger partial charge in [0.1, 0.15) is 0 Å². The molecule has 54 valence electrons. The summed E-state index contributed by atoms with van der Waals surface area (Å²) in [6, 6.07) is -0.107. The van der Waals surface area contributed by atoms with Crippen LogP contribution >= 0.6 is 11.3 Å². The molecule has 1 rings (SSSR count). The molecule has 1 aromatic heterocycles.